The third-order valence-corrected chi connectivity index (χ3v) is 8.03. The van der Waals surface area contributed by atoms with E-state index in [0.717, 1.165) is 27.2 Å². The van der Waals surface area contributed by atoms with Crippen molar-refractivity contribution in [3.63, 3.8) is 0 Å². The van der Waals surface area contributed by atoms with Crippen LogP contribution in [0.5, 0.6) is 0 Å². The van der Waals surface area contributed by atoms with Crippen LogP contribution in [0.1, 0.15) is 58.6 Å². The van der Waals surface area contributed by atoms with Crippen molar-refractivity contribution in [2.75, 3.05) is 38.3 Å². The maximum atomic E-state index is 13.6. The van der Waals surface area contributed by atoms with Gasteiger partial charge in [-0.1, -0.05) is 48.5 Å². The molecule has 4 amide bonds. The van der Waals surface area contributed by atoms with E-state index in [1.54, 1.807) is 41.5 Å². The second kappa shape index (κ2) is 15.8. The lowest BCUT2D eigenvalue weighted by molar-refractivity contribution is -0.147. The highest BCUT2D eigenvalue weighted by Crippen LogP contribution is 2.44. The molecule has 0 radical (unpaired) electrons. The summed E-state index contributed by atoms with van der Waals surface area (Å²) in [5, 5.41) is 2.62. The summed E-state index contributed by atoms with van der Waals surface area (Å²) >= 11 is 0. The highest BCUT2D eigenvalue weighted by Gasteiger charge is 2.35. The van der Waals surface area contributed by atoms with Gasteiger partial charge in [-0.25, -0.2) is 19.4 Å². The Balaban J connectivity index is 1.29. The summed E-state index contributed by atoms with van der Waals surface area (Å²) in [6, 6.07) is 15.9. The van der Waals surface area contributed by atoms with Crippen LogP contribution in [0.3, 0.4) is 0 Å². The van der Waals surface area contributed by atoms with Crippen molar-refractivity contribution in [1.29, 1.82) is 0 Å². The number of rotatable bonds is 10. The van der Waals surface area contributed by atoms with Gasteiger partial charge in [0.25, 0.3) is 5.56 Å². The number of aromatic nitrogens is 4. The minimum atomic E-state index is -1.17. The smallest absolute Gasteiger partial charge is 0.427 e. The number of amides is 4. The van der Waals surface area contributed by atoms with Gasteiger partial charge >= 0.3 is 24.2 Å². The van der Waals surface area contributed by atoms with Crippen LogP contribution < -0.4 is 15.8 Å². The van der Waals surface area contributed by atoms with Crippen molar-refractivity contribution in [2.24, 2.45) is 0 Å². The Morgan fingerprint density at radius 3 is 2.02 bits per heavy atom. The van der Waals surface area contributed by atoms with Crippen molar-refractivity contribution >= 4 is 47.3 Å². The standard InChI is InChI=1S/C37H43N7O10/c1-36(2,3)53-34(49)44(35(50)54-37(4,5)6)32-40-30-29(31(47)41-32)39-21-43(30)18-27(45)42(19-28(46)51-7)17-16-38-33(48)52-20-26-24-14-10-8-12-22(24)23-13-9-11-15-25(23)26/h8-15,21,26H,16-20H2,1-7H3,(H,38,48)(H,40,41,47). The van der Waals surface area contributed by atoms with Crippen LogP contribution in [0.4, 0.5) is 20.3 Å². The number of ether oxygens (including phenoxy) is 4. The third-order valence-electron chi connectivity index (χ3n) is 8.03. The summed E-state index contributed by atoms with van der Waals surface area (Å²) in [5.74, 6) is -2.04. The molecule has 0 aliphatic heterocycles. The average Bonchev–Trinajstić information content (AvgIpc) is 3.64. The quantitative estimate of drug-likeness (QED) is 0.172. The molecule has 0 fully saturated rings. The van der Waals surface area contributed by atoms with Crippen molar-refractivity contribution in [2.45, 2.75) is 65.2 Å². The van der Waals surface area contributed by atoms with Crippen molar-refractivity contribution in [3.8, 4) is 11.1 Å². The normalized spacial score (nSPS) is 12.4. The van der Waals surface area contributed by atoms with E-state index in [-0.39, 0.29) is 36.8 Å². The van der Waals surface area contributed by atoms with Gasteiger partial charge in [0.15, 0.2) is 11.2 Å². The first-order chi connectivity index (χ1) is 25.5. The van der Waals surface area contributed by atoms with Crippen LogP contribution >= 0.6 is 0 Å². The van der Waals surface area contributed by atoms with Crippen LogP contribution in [0.25, 0.3) is 22.3 Å². The largest absolute Gasteiger partial charge is 0.468 e. The SMILES string of the molecule is COC(=O)CN(CCNC(=O)OCC1c2ccccc2-c2ccccc21)C(=O)Cn1cnc2c(=O)[nH]c(N(C(=O)OC(C)(C)C)C(=O)OC(C)(C)C)nc21. The number of nitrogens with one attached hydrogen (secondary N) is 2. The first kappa shape index (κ1) is 39.0. The lowest BCUT2D eigenvalue weighted by Gasteiger charge is -2.27. The van der Waals surface area contributed by atoms with E-state index in [1.807, 2.05) is 48.5 Å². The number of fused-ring (bicyclic) bond motifs is 4. The lowest BCUT2D eigenvalue weighted by atomic mass is 9.98. The number of carbonyl (C=O) groups is 5. The summed E-state index contributed by atoms with van der Waals surface area (Å²) in [5.41, 5.74) is 1.05. The Labute approximate surface area is 310 Å². The molecule has 2 aromatic heterocycles. The molecule has 0 bridgehead atoms. The third kappa shape index (κ3) is 9.20. The van der Waals surface area contributed by atoms with E-state index in [1.165, 1.54) is 18.0 Å². The molecule has 17 nitrogen and oxygen atoms in total. The molecule has 0 unspecified atom stereocenters. The number of benzene rings is 2. The molecule has 0 saturated heterocycles. The van der Waals surface area contributed by atoms with Gasteiger partial charge in [0.2, 0.25) is 11.9 Å². The molecule has 2 N–H and O–H groups in total. The summed E-state index contributed by atoms with van der Waals surface area (Å²) < 4.78 is 22.3. The average molecular weight is 746 g/mol. The van der Waals surface area contributed by atoms with Gasteiger partial charge in [-0.3, -0.25) is 19.4 Å². The number of carbonyl (C=O) groups excluding carboxylic acids is 5. The molecule has 5 rings (SSSR count). The number of hydrogen-bond donors (Lipinski definition) is 2. The van der Waals surface area contributed by atoms with Crippen LogP contribution in [-0.4, -0.2) is 99.1 Å². The van der Waals surface area contributed by atoms with Crippen molar-refractivity contribution in [1.82, 2.24) is 29.7 Å². The zero-order chi connectivity index (χ0) is 39.4. The fraction of sp³-hybridized carbons (Fsp3) is 0.405. The molecule has 2 aromatic carbocycles. The van der Waals surface area contributed by atoms with Crippen LogP contribution in [-0.2, 0) is 35.1 Å². The number of esters is 1. The highest BCUT2D eigenvalue weighted by atomic mass is 16.6. The Morgan fingerprint density at radius 2 is 1.46 bits per heavy atom. The van der Waals surface area contributed by atoms with Gasteiger partial charge in [-0.2, -0.15) is 4.98 Å². The minimum Gasteiger partial charge on any atom is -0.468 e. The van der Waals surface area contributed by atoms with Gasteiger partial charge in [-0.05, 0) is 63.8 Å². The summed E-state index contributed by atoms with van der Waals surface area (Å²) in [6.45, 7) is 8.49. The Kier molecular flexibility index (Phi) is 11.4. The molecule has 54 heavy (non-hydrogen) atoms. The molecule has 1 aliphatic carbocycles. The van der Waals surface area contributed by atoms with E-state index in [0.29, 0.717) is 4.90 Å². The summed E-state index contributed by atoms with van der Waals surface area (Å²) in [6.07, 6.45) is -1.88. The first-order valence-electron chi connectivity index (χ1n) is 17.1. The molecule has 0 saturated carbocycles. The first-order valence-corrected chi connectivity index (χ1v) is 17.1. The van der Waals surface area contributed by atoms with E-state index in [4.69, 9.17) is 18.9 Å². The molecule has 0 spiro atoms. The van der Waals surface area contributed by atoms with E-state index >= 15 is 0 Å². The molecule has 17 heteroatoms. The molecular weight excluding hydrogens is 702 g/mol. The van der Waals surface area contributed by atoms with Gasteiger partial charge < -0.3 is 33.7 Å². The number of H-pyrrole nitrogens is 1. The summed E-state index contributed by atoms with van der Waals surface area (Å²) in [4.78, 5) is 90.4. The number of anilines is 1. The molecule has 2 heterocycles. The van der Waals surface area contributed by atoms with Crippen LogP contribution in [0.15, 0.2) is 59.7 Å². The number of imidazole rings is 1. The van der Waals surface area contributed by atoms with Gasteiger partial charge in [0.1, 0.15) is 30.9 Å². The molecule has 1 aliphatic rings. The fourth-order valence-corrected chi connectivity index (χ4v) is 5.73. The molecule has 4 aromatic rings. The second-order valence-corrected chi connectivity index (χ2v) is 14.4. The minimum absolute atomic E-state index is 0.0765. The summed E-state index contributed by atoms with van der Waals surface area (Å²) in [7, 11) is 1.17. The zero-order valence-corrected chi connectivity index (χ0v) is 31.1. The van der Waals surface area contributed by atoms with Crippen LogP contribution in [0.2, 0.25) is 0 Å². The molecule has 0 atom stereocenters. The van der Waals surface area contributed by atoms with Gasteiger partial charge in [0, 0.05) is 19.0 Å². The van der Waals surface area contributed by atoms with Crippen LogP contribution in [0, 0.1) is 0 Å². The highest BCUT2D eigenvalue weighted by molar-refractivity contribution is 6.08. The molecule has 286 valence electrons. The Morgan fingerprint density at radius 1 is 0.889 bits per heavy atom. The van der Waals surface area contributed by atoms with E-state index < -0.39 is 66.0 Å². The predicted molar refractivity (Wildman–Crippen MR) is 195 cm³/mol. The molecular formula is C37H43N7O10. The maximum absolute atomic E-state index is 13.6. The van der Waals surface area contributed by atoms with E-state index in [2.05, 4.69) is 20.3 Å². The Hall–Kier alpha value is -6.26. The zero-order valence-electron chi connectivity index (χ0n) is 31.1. The second-order valence-electron chi connectivity index (χ2n) is 14.4. The fourth-order valence-electron chi connectivity index (χ4n) is 5.73. The number of methoxy groups -OCH3 is 1. The Bertz CT molecular complexity index is 2060. The van der Waals surface area contributed by atoms with Gasteiger partial charge in [-0.15, -0.1) is 4.90 Å². The number of hydrogen-bond acceptors (Lipinski definition) is 12. The lowest BCUT2D eigenvalue weighted by Crippen LogP contribution is -2.45. The van der Waals surface area contributed by atoms with Gasteiger partial charge in [0.05, 0.1) is 13.4 Å². The monoisotopic (exact) mass is 745 g/mol. The van der Waals surface area contributed by atoms with Crippen molar-refractivity contribution in [3.05, 3.63) is 76.3 Å². The number of imide groups is 1. The number of alkyl carbamates (subject to hydrolysis) is 1. The topological polar surface area (TPSA) is 204 Å². The maximum Gasteiger partial charge on any atom is 0.427 e. The number of nitrogens with zero attached hydrogens (tertiary/aromatic N) is 5. The van der Waals surface area contributed by atoms with E-state index in [9.17, 15) is 28.8 Å². The van der Waals surface area contributed by atoms with Crippen molar-refractivity contribution < 1.29 is 42.9 Å². The predicted octanol–water partition coefficient (Wildman–Crippen LogP) is 4.34. The number of aromatic amines is 1.